The highest BCUT2D eigenvalue weighted by atomic mass is 16.1. The third kappa shape index (κ3) is 7.68. The molecule has 2 aromatic rings. The Labute approximate surface area is 192 Å². The van der Waals surface area contributed by atoms with E-state index in [1.807, 2.05) is 18.2 Å². The zero-order valence-electron chi connectivity index (χ0n) is 19.4. The van der Waals surface area contributed by atoms with Crippen molar-refractivity contribution in [1.29, 1.82) is 0 Å². The van der Waals surface area contributed by atoms with Gasteiger partial charge in [0.1, 0.15) is 0 Å². The topological polar surface area (TPSA) is 68.8 Å². The second-order valence-corrected chi connectivity index (χ2v) is 8.37. The lowest BCUT2D eigenvalue weighted by Gasteiger charge is -2.16. The van der Waals surface area contributed by atoms with E-state index in [1.54, 1.807) is 7.05 Å². The Morgan fingerprint density at radius 1 is 1.06 bits per heavy atom. The molecule has 1 fully saturated rings. The van der Waals surface area contributed by atoms with Crippen LogP contribution >= 0.6 is 0 Å². The summed E-state index contributed by atoms with van der Waals surface area (Å²) in [6, 6.07) is 18.5. The van der Waals surface area contributed by atoms with Gasteiger partial charge in [-0.25, -0.2) is 0 Å². The van der Waals surface area contributed by atoms with Crippen molar-refractivity contribution in [2.24, 2.45) is 10.9 Å². The van der Waals surface area contributed by atoms with Crippen LogP contribution in [0.1, 0.15) is 34.8 Å². The van der Waals surface area contributed by atoms with Crippen molar-refractivity contribution in [2.45, 2.75) is 26.2 Å². The van der Waals surface area contributed by atoms with Gasteiger partial charge in [0.15, 0.2) is 5.96 Å². The van der Waals surface area contributed by atoms with E-state index in [0.29, 0.717) is 11.5 Å². The number of benzene rings is 2. The van der Waals surface area contributed by atoms with E-state index in [0.717, 1.165) is 57.1 Å². The minimum atomic E-state index is -0.0518. The van der Waals surface area contributed by atoms with Gasteiger partial charge in [-0.05, 0) is 61.9 Å². The van der Waals surface area contributed by atoms with Crippen molar-refractivity contribution in [3.8, 4) is 0 Å². The van der Waals surface area contributed by atoms with E-state index >= 15 is 0 Å². The lowest BCUT2D eigenvalue weighted by molar-refractivity contribution is 0.0963. The number of likely N-dealkylation sites (tertiary alicyclic amines) is 1. The van der Waals surface area contributed by atoms with E-state index in [2.05, 4.69) is 64.2 Å². The Kier molecular flexibility index (Phi) is 9.57. The van der Waals surface area contributed by atoms with Crippen molar-refractivity contribution in [2.75, 3.05) is 46.3 Å². The summed E-state index contributed by atoms with van der Waals surface area (Å²) < 4.78 is 0. The Hall–Kier alpha value is -2.86. The first-order chi connectivity index (χ1) is 15.7. The first-order valence-corrected chi connectivity index (χ1v) is 11.8. The largest absolute Gasteiger partial charge is 0.357 e. The first-order valence-electron chi connectivity index (χ1n) is 11.8. The van der Waals surface area contributed by atoms with Gasteiger partial charge in [0.2, 0.25) is 0 Å². The number of nitrogens with zero attached hydrogens (tertiary/aromatic N) is 2. The van der Waals surface area contributed by atoms with Crippen LogP contribution in [0.25, 0.3) is 0 Å². The number of nitrogens with one attached hydrogen (secondary N) is 3. The second kappa shape index (κ2) is 12.9. The molecular formula is C26H37N5O. The lowest BCUT2D eigenvalue weighted by Crippen LogP contribution is -2.38. The Morgan fingerprint density at radius 3 is 2.66 bits per heavy atom. The number of hydrogen-bond donors (Lipinski definition) is 3. The number of hydrogen-bond acceptors (Lipinski definition) is 3. The predicted molar refractivity (Wildman–Crippen MR) is 132 cm³/mol. The first kappa shape index (κ1) is 23.8. The molecule has 3 rings (SSSR count). The van der Waals surface area contributed by atoms with Gasteiger partial charge < -0.3 is 20.9 Å². The Bertz CT molecular complexity index is 868. The van der Waals surface area contributed by atoms with Crippen LogP contribution in [0.15, 0.2) is 59.6 Å². The summed E-state index contributed by atoms with van der Waals surface area (Å²) in [7, 11) is 1.66. The van der Waals surface area contributed by atoms with Crippen LogP contribution in [-0.4, -0.2) is 63.1 Å². The molecule has 0 aromatic heterocycles. The number of aliphatic imine (C=N–C) groups is 1. The molecule has 1 atom stereocenters. The SMILES string of the molecule is CCNC(=NCC1CCN(CCc2ccccc2)C1)NCCc1cccc(C(=O)NC)c1. The maximum atomic E-state index is 11.8. The number of amides is 1. The van der Waals surface area contributed by atoms with E-state index in [9.17, 15) is 4.79 Å². The van der Waals surface area contributed by atoms with Crippen LogP contribution in [0.5, 0.6) is 0 Å². The fourth-order valence-corrected chi connectivity index (χ4v) is 4.10. The predicted octanol–water partition coefficient (Wildman–Crippen LogP) is 2.71. The molecule has 0 radical (unpaired) electrons. The van der Waals surface area contributed by atoms with Crippen LogP contribution in [0.3, 0.4) is 0 Å². The molecule has 6 nitrogen and oxygen atoms in total. The number of guanidine groups is 1. The molecule has 0 saturated carbocycles. The molecule has 2 aromatic carbocycles. The summed E-state index contributed by atoms with van der Waals surface area (Å²) in [4.78, 5) is 19.2. The third-order valence-corrected chi connectivity index (χ3v) is 5.90. The van der Waals surface area contributed by atoms with Crippen LogP contribution in [0, 0.1) is 5.92 Å². The van der Waals surface area contributed by atoms with Crippen molar-refractivity contribution in [3.63, 3.8) is 0 Å². The van der Waals surface area contributed by atoms with Crippen LogP contribution < -0.4 is 16.0 Å². The smallest absolute Gasteiger partial charge is 0.251 e. The van der Waals surface area contributed by atoms with Gasteiger partial charge in [0.05, 0.1) is 0 Å². The van der Waals surface area contributed by atoms with E-state index < -0.39 is 0 Å². The summed E-state index contributed by atoms with van der Waals surface area (Å²) in [5, 5.41) is 9.46. The zero-order valence-corrected chi connectivity index (χ0v) is 19.4. The highest BCUT2D eigenvalue weighted by Crippen LogP contribution is 2.17. The molecule has 3 N–H and O–H groups in total. The monoisotopic (exact) mass is 435 g/mol. The Balaban J connectivity index is 1.42. The summed E-state index contributed by atoms with van der Waals surface area (Å²) >= 11 is 0. The van der Waals surface area contributed by atoms with Crippen molar-refractivity contribution < 1.29 is 4.79 Å². The minimum absolute atomic E-state index is 0.0518. The summed E-state index contributed by atoms with van der Waals surface area (Å²) in [5.74, 6) is 1.44. The molecule has 1 aliphatic heterocycles. The van der Waals surface area contributed by atoms with E-state index in [4.69, 9.17) is 4.99 Å². The fraction of sp³-hybridized carbons (Fsp3) is 0.462. The molecule has 0 bridgehead atoms. The summed E-state index contributed by atoms with van der Waals surface area (Å²) in [6.45, 7) is 7.97. The van der Waals surface area contributed by atoms with Crippen LogP contribution in [-0.2, 0) is 12.8 Å². The molecule has 1 aliphatic rings. The number of carbonyl (C=O) groups excluding carboxylic acids is 1. The molecule has 0 spiro atoms. The second-order valence-electron chi connectivity index (χ2n) is 8.37. The molecule has 172 valence electrons. The Morgan fingerprint density at radius 2 is 1.88 bits per heavy atom. The van der Waals surface area contributed by atoms with Crippen LogP contribution in [0.4, 0.5) is 0 Å². The van der Waals surface area contributed by atoms with Crippen LogP contribution in [0.2, 0.25) is 0 Å². The maximum absolute atomic E-state index is 11.8. The average Bonchev–Trinajstić information content (AvgIpc) is 3.29. The summed E-state index contributed by atoms with van der Waals surface area (Å²) in [6.07, 6.45) is 3.16. The normalized spacial score (nSPS) is 16.7. The van der Waals surface area contributed by atoms with E-state index in [-0.39, 0.29) is 5.91 Å². The molecule has 1 heterocycles. The molecule has 0 aliphatic carbocycles. The molecule has 1 unspecified atom stereocenters. The molecule has 6 heteroatoms. The van der Waals surface area contributed by atoms with Gasteiger partial charge in [-0.15, -0.1) is 0 Å². The fourth-order valence-electron chi connectivity index (χ4n) is 4.10. The molecule has 32 heavy (non-hydrogen) atoms. The lowest BCUT2D eigenvalue weighted by atomic mass is 10.1. The maximum Gasteiger partial charge on any atom is 0.251 e. The standard InChI is InChI=1S/C26H37N5O/c1-3-28-26(29-15-12-22-10-7-11-24(18-22)25(32)27-2)30-19-23-14-17-31(20-23)16-13-21-8-5-4-6-9-21/h4-11,18,23H,3,12-17,19-20H2,1-2H3,(H,27,32)(H2,28,29,30). The number of rotatable bonds is 10. The van der Waals surface area contributed by atoms with Gasteiger partial charge in [-0.3, -0.25) is 9.79 Å². The van der Waals surface area contributed by atoms with Crippen molar-refractivity contribution in [1.82, 2.24) is 20.9 Å². The molecule has 1 amide bonds. The van der Waals surface area contributed by atoms with Gasteiger partial charge in [0, 0.05) is 45.3 Å². The minimum Gasteiger partial charge on any atom is -0.357 e. The van der Waals surface area contributed by atoms with Gasteiger partial charge in [-0.2, -0.15) is 0 Å². The third-order valence-electron chi connectivity index (χ3n) is 5.90. The van der Waals surface area contributed by atoms with Gasteiger partial charge in [0.25, 0.3) is 5.91 Å². The van der Waals surface area contributed by atoms with Gasteiger partial charge in [-0.1, -0.05) is 42.5 Å². The zero-order chi connectivity index (χ0) is 22.6. The number of carbonyl (C=O) groups is 1. The highest BCUT2D eigenvalue weighted by Gasteiger charge is 2.21. The van der Waals surface area contributed by atoms with Crippen molar-refractivity contribution in [3.05, 3.63) is 71.3 Å². The van der Waals surface area contributed by atoms with Gasteiger partial charge >= 0.3 is 0 Å². The molecular weight excluding hydrogens is 398 g/mol. The van der Waals surface area contributed by atoms with E-state index in [1.165, 1.54) is 18.5 Å². The highest BCUT2D eigenvalue weighted by molar-refractivity contribution is 5.94. The van der Waals surface area contributed by atoms with Crippen molar-refractivity contribution >= 4 is 11.9 Å². The summed E-state index contributed by atoms with van der Waals surface area (Å²) in [5.41, 5.74) is 3.25. The molecule has 1 saturated heterocycles. The average molecular weight is 436 g/mol. The quantitative estimate of drug-likeness (QED) is 0.397.